The molecule has 3 saturated heterocycles. The summed E-state index contributed by atoms with van der Waals surface area (Å²) in [6, 6.07) is 16.7. The van der Waals surface area contributed by atoms with E-state index < -0.39 is 0 Å². The number of anilines is 3. The van der Waals surface area contributed by atoms with E-state index in [2.05, 4.69) is 73.2 Å². The van der Waals surface area contributed by atoms with Gasteiger partial charge in [-0.3, -0.25) is 9.88 Å². The molecule has 0 radical (unpaired) electrons. The van der Waals surface area contributed by atoms with Crippen molar-refractivity contribution in [1.29, 1.82) is 5.26 Å². The number of rotatable bonds is 5. The molecule has 3 aromatic rings. The molecule has 2 atom stereocenters. The summed E-state index contributed by atoms with van der Waals surface area (Å²) < 4.78 is 6.40. The topological polar surface area (TPSA) is 83.8 Å². The van der Waals surface area contributed by atoms with Crippen LogP contribution in [0.15, 0.2) is 48.7 Å². The van der Waals surface area contributed by atoms with Crippen LogP contribution in [-0.4, -0.2) is 99.1 Å². The van der Waals surface area contributed by atoms with Gasteiger partial charge in [0, 0.05) is 89.3 Å². The minimum absolute atomic E-state index is 0.127. The lowest BCUT2D eigenvalue weighted by Gasteiger charge is -2.42. The summed E-state index contributed by atoms with van der Waals surface area (Å²) in [5, 5.41) is 14.0. The van der Waals surface area contributed by atoms with E-state index in [4.69, 9.17) is 9.72 Å². The molecule has 198 valence electrons. The Morgan fingerprint density at radius 2 is 1.68 bits per heavy atom. The predicted octanol–water partition coefficient (Wildman–Crippen LogP) is 2.33. The monoisotopic (exact) mass is 512 g/mol. The van der Waals surface area contributed by atoms with Crippen LogP contribution in [-0.2, 0) is 4.74 Å². The molecule has 2 aromatic heterocycles. The number of morpholine rings is 1. The van der Waals surface area contributed by atoms with Crippen LogP contribution in [0.5, 0.6) is 0 Å². The van der Waals surface area contributed by atoms with E-state index in [-0.39, 0.29) is 12.2 Å². The Labute approximate surface area is 224 Å². The summed E-state index contributed by atoms with van der Waals surface area (Å²) in [7, 11) is 0. The van der Waals surface area contributed by atoms with E-state index in [1.54, 1.807) is 6.20 Å². The molecule has 0 saturated carbocycles. The van der Waals surface area contributed by atoms with Crippen LogP contribution in [0.2, 0.25) is 0 Å². The molecule has 0 spiro atoms. The van der Waals surface area contributed by atoms with Gasteiger partial charge in [-0.1, -0.05) is 6.07 Å². The summed E-state index contributed by atoms with van der Waals surface area (Å²) in [5.41, 5.74) is 2.52. The van der Waals surface area contributed by atoms with Gasteiger partial charge in [0.1, 0.15) is 17.7 Å². The smallest absolute Gasteiger partial charge is 0.131 e. The maximum Gasteiger partial charge on any atom is 0.131 e. The molecule has 5 heterocycles. The largest absolute Gasteiger partial charge is 0.370 e. The number of nitrogens with one attached hydrogen (secondary N) is 1. The van der Waals surface area contributed by atoms with Crippen LogP contribution < -0.4 is 20.0 Å². The number of nitrogens with zero attached hydrogens (tertiary/aromatic N) is 7. The molecule has 9 nitrogen and oxygen atoms in total. The highest BCUT2D eigenvalue weighted by atomic mass is 16.5. The van der Waals surface area contributed by atoms with Gasteiger partial charge in [0.15, 0.2) is 0 Å². The van der Waals surface area contributed by atoms with E-state index in [9.17, 15) is 5.26 Å². The van der Waals surface area contributed by atoms with E-state index in [1.165, 1.54) is 0 Å². The quantitative estimate of drug-likeness (QED) is 0.554. The lowest BCUT2D eigenvalue weighted by molar-refractivity contribution is -0.0327. The first-order valence-electron chi connectivity index (χ1n) is 13.8. The van der Waals surface area contributed by atoms with Crippen LogP contribution in [0, 0.1) is 11.3 Å². The van der Waals surface area contributed by atoms with Gasteiger partial charge >= 0.3 is 0 Å². The van der Waals surface area contributed by atoms with Crippen molar-refractivity contribution in [3.63, 3.8) is 0 Å². The van der Waals surface area contributed by atoms with Gasteiger partial charge in [0.2, 0.25) is 0 Å². The molecule has 0 unspecified atom stereocenters. The number of aromatic nitrogens is 2. The van der Waals surface area contributed by atoms with Crippen molar-refractivity contribution >= 4 is 28.2 Å². The third-order valence-electron chi connectivity index (χ3n) is 7.85. The minimum atomic E-state index is 0.127. The van der Waals surface area contributed by atoms with Crippen molar-refractivity contribution in [3.05, 3.63) is 54.2 Å². The van der Waals surface area contributed by atoms with Gasteiger partial charge in [-0.05, 0) is 43.3 Å². The first-order valence-corrected chi connectivity index (χ1v) is 13.8. The van der Waals surface area contributed by atoms with Crippen LogP contribution in [0.1, 0.15) is 12.5 Å². The number of nitriles is 1. The molecule has 9 heteroatoms. The van der Waals surface area contributed by atoms with Crippen molar-refractivity contribution in [2.24, 2.45) is 0 Å². The number of fused-ring (bicyclic) bond motifs is 1. The summed E-state index contributed by atoms with van der Waals surface area (Å²) in [6.45, 7) is 12.7. The number of pyridine rings is 2. The zero-order valence-electron chi connectivity index (χ0n) is 22.1. The zero-order valence-corrected chi connectivity index (χ0v) is 22.1. The normalized spacial score (nSPS) is 23.0. The van der Waals surface area contributed by atoms with Gasteiger partial charge < -0.3 is 24.8 Å². The highest BCUT2D eigenvalue weighted by molar-refractivity contribution is 5.95. The second-order valence-electron chi connectivity index (χ2n) is 10.5. The van der Waals surface area contributed by atoms with Crippen LogP contribution in [0.25, 0.3) is 10.9 Å². The summed E-state index contributed by atoms with van der Waals surface area (Å²) in [6.07, 6.45) is 2.02. The predicted molar refractivity (Wildman–Crippen MR) is 151 cm³/mol. The highest BCUT2D eigenvalue weighted by Crippen LogP contribution is 2.30. The number of hydrogen-bond donors (Lipinski definition) is 1. The van der Waals surface area contributed by atoms with E-state index >= 15 is 0 Å². The van der Waals surface area contributed by atoms with Crippen molar-refractivity contribution in [1.82, 2.24) is 20.2 Å². The molecular formula is C29H36N8O. The maximum absolute atomic E-state index is 9.53. The number of benzene rings is 1. The van der Waals surface area contributed by atoms with Crippen LogP contribution >= 0.6 is 0 Å². The fourth-order valence-corrected chi connectivity index (χ4v) is 5.97. The average Bonchev–Trinajstić information content (AvgIpc) is 2.97. The molecule has 3 aliphatic rings. The fraction of sp³-hybridized carbons (Fsp3) is 0.483. The Morgan fingerprint density at radius 3 is 2.45 bits per heavy atom. The molecular weight excluding hydrogens is 476 g/mol. The van der Waals surface area contributed by atoms with Crippen LogP contribution in [0.3, 0.4) is 0 Å². The molecule has 3 fully saturated rings. The number of piperazine rings is 2. The summed E-state index contributed by atoms with van der Waals surface area (Å²) in [4.78, 5) is 19.2. The van der Waals surface area contributed by atoms with Crippen molar-refractivity contribution < 1.29 is 4.74 Å². The van der Waals surface area contributed by atoms with Crippen molar-refractivity contribution in [2.75, 3.05) is 86.7 Å². The van der Waals surface area contributed by atoms with Gasteiger partial charge in [-0.25, -0.2) is 4.98 Å². The lowest BCUT2D eigenvalue weighted by atomic mass is 10.1. The van der Waals surface area contributed by atoms with Gasteiger partial charge in [0.05, 0.1) is 23.3 Å². The standard InChI is InChI=1S/C29H36N8O/c1-22-19-37(26-8-7-23(18-30)29-25(26)4-3-9-32-29)21-24(38-22)20-34-14-16-36(17-15-34)28-6-2-5-27(33-28)35-12-10-31-11-13-35/h2-9,22,24,31H,10-17,19-21H2,1H3/t22-,24+/m1/s1. The molecule has 3 aliphatic heterocycles. The first kappa shape index (κ1) is 24.9. The molecule has 0 bridgehead atoms. The zero-order chi connectivity index (χ0) is 25.9. The second kappa shape index (κ2) is 11.1. The Morgan fingerprint density at radius 1 is 0.921 bits per heavy atom. The van der Waals surface area contributed by atoms with Gasteiger partial charge in [-0.15, -0.1) is 0 Å². The van der Waals surface area contributed by atoms with Crippen LogP contribution in [0.4, 0.5) is 17.3 Å². The average molecular weight is 513 g/mol. The summed E-state index contributed by atoms with van der Waals surface area (Å²) in [5.74, 6) is 2.16. The summed E-state index contributed by atoms with van der Waals surface area (Å²) >= 11 is 0. The maximum atomic E-state index is 9.53. The molecule has 6 rings (SSSR count). The van der Waals surface area contributed by atoms with E-state index in [0.29, 0.717) is 5.56 Å². The SMILES string of the molecule is C[C@@H]1CN(c2ccc(C#N)c3ncccc23)C[C@H](CN2CCN(c3cccc(N4CCNCC4)n3)CC2)O1. The second-order valence-corrected chi connectivity index (χ2v) is 10.5. The first-order chi connectivity index (χ1) is 18.7. The number of ether oxygens (including phenoxy) is 1. The molecule has 1 N–H and O–H groups in total. The Hall–Kier alpha value is -3.45. The third kappa shape index (κ3) is 5.25. The Bertz CT molecular complexity index is 1300. The highest BCUT2D eigenvalue weighted by Gasteiger charge is 2.29. The Kier molecular flexibility index (Phi) is 7.27. The molecule has 0 amide bonds. The van der Waals surface area contributed by atoms with Gasteiger partial charge in [-0.2, -0.15) is 5.26 Å². The third-order valence-corrected chi connectivity index (χ3v) is 7.85. The van der Waals surface area contributed by atoms with E-state index in [0.717, 1.165) is 100 Å². The number of hydrogen-bond acceptors (Lipinski definition) is 9. The molecule has 0 aliphatic carbocycles. The fourth-order valence-electron chi connectivity index (χ4n) is 5.97. The van der Waals surface area contributed by atoms with Crippen molar-refractivity contribution in [2.45, 2.75) is 19.1 Å². The Balaban J connectivity index is 1.09. The molecule has 1 aromatic carbocycles. The van der Waals surface area contributed by atoms with Gasteiger partial charge in [0.25, 0.3) is 0 Å². The van der Waals surface area contributed by atoms with E-state index in [1.807, 2.05) is 12.1 Å². The lowest BCUT2D eigenvalue weighted by Crippen LogP contribution is -2.54. The minimum Gasteiger partial charge on any atom is -0.370 e. The molecule has 38 heavy (non-hydrogen) atoms. The van der Waals surface area contributed by atoms with Crippen molar-refractivity contribution in [3.8, 4) is 6.07 Å².